The van der Waals surface area contributed by atoms with Crippen molar-refractivity contribution in [2.75, 3.05) is 25.0 Å². The lowest BCUT2D eigenvalue weighted by Crippen LogP contribution is -2.30. The Morgan fingerprint density at radius 3 is 2.32 bits per heavy atom. The van der Waals surface area contributed by atoms with E-state index in [0.29, 0.717) is 35.1 Å². The summed E-state index contributed by atoms with van der Waals surface area (Å²) in [4.78, 5) is 12.3. The second-order valence-electron chi connectivity index (χ2n) is 6.32. The first-order chi connectivity index (χ1) is 13.2. The average Bonchev–Trinajstić information content (AvgIpc) is 2.64. The van der Waals surface area contributed by atoms with Gasteiger partial charge < -0.3 is 10.1 Å². The molecular weight excluding hydrogens is 400 g/mol. The van der Waals surface area contributed by atoms with E-state index in [0.717, 1.165) is 5.56 Å². The number of benzene rings is 2. The number of carbonyl (C=O) groups excluding carboxylic acids is 1. The minimum Gasteiger partial charge on any atom is -0.483 e. The maximum absolute atomic E-state index is 12.6. The first-order valence-electron chi connectivity index (χ1n) is 8.98. The van der Waals surface area contributed by atoms with Crippen LogP contribution in [0.25, 0.3) is 0 Å². The molecule has 1 amide bonds. The molecular formula is C20H25ClN2O4S. The van der Waals surface area contributed by atoms with Crippen molar-refractivity contribution in [3.8, 4) is 5.75 Å². The van der Waals surface area contributed by atoms with E-state index < -0.39 is 10.0 Å². The van der Waals surface area contributed by atoms with E-state index in [1.54, 1.807) is 45.0 Å². The van der Waals surface area contributed by atoms with E-state index in [1.807, 2.05) is 13.0 Å². The zero-order valence-electron chi connectivity index (χ0n) is 16.5. The van der Waals surface area contributed by atoms with Crippen LogP contribution in [0.3, 0.4) is 0 Å². The summed E-state index contributed by atoms with van der Waals surface area (Å²) in [5, 5.41) is 3.28. The van der Waals surface area contributed by atoms with Crippen LogP contribution < -0.4 is 10.1 Å². The van der Waals surface area contributed by atoms with Crippen molar-refractivity contribution < 1.29 is 17.9 Å². The van der Waals surface area contributed by atoms with Gasteiger partial charge in [-0.1, -0.05) is 31.5 Å². The van der Waals surface area contributed by atoms with Crippen molar-refractivity contribution in [3.63, 3.8) is 0 Å². The highest BCUT2D eigenvalue weighted by Crippen LogP contribution is 2.24. The lowest BCUT2D eigenvalue weighted by Gasteiger charge is -2.19. The number of nitrogens with one attached hydrogen (secondary N) is 1. The summed E-state index contributed by atoms with van der Waals surface area (Å²) in [5.74, 6) is 0.120. The molecule has 28 heavy (non-hydrogen) atoms. The van der Waals surface area contributed by atoms with Gasteiger partial charge in [0.25, 0.3) is 5.91 Å². The molecule has 0 unspecified atom stereocenters. The maximum Gasteiger partial charge on any atom is 0.262 e. The number of ether oxygens (including phenoxy) is 1. The van der Waals surface area contributed by atoms with Gasteiger partial charge >= 0.3 is 0 Å². The fraction of sp³-hybridized carbons (Fsp3) is 0.350. The molecule has 0 radical (unpaired) electrons. The molecule has 0 aromatic heterocycles. The van der Waals surface area contributed by atoms with Crippen LogP contribution in [0.1, 0.15) is 25.0 Å². The minimum atomic E-state index is -3.53. The maximum atomic E-state index is 12.6. The number of anilines is 1. The molecule has 0 bridgehead atoms. The third-order valence-corrected chi connectivity index (χ3v) is 6.76. The highest BCUT2D eigenvalue weighted by Gasteiger charge is 2.22. The van der Waals surface area contributed by atoms with E-state index in [4.69, 9.17) is 16.3 Å². The summed E-state index contributed by atoms with van der Waals surface area (Å²) in [7, 11) is -3.53. The summed E-state index contributed by atoms with van der Waals surface area (Å²) in [6.45, 7) is 7.82. The van der Waals surface area contributed by atoms with E-state index in [1.165, 1.54) is 10.4 Å². The predicted molar refractivity (Wildman–Crippen MR) is 112 cm³/mol. The van der Waals surface area contributed by atoms with Crippen LogP contribution in [0.2, 0.25) is 5.02 Å². The zero-order chi connectivity index (χ0) is 20.9. The normalized spacial score (nSPS) is 11.5. The summed E-state index contributed by atoms with van der Waals surface area (Å²) >= 11 is 6.05. The highest BCUT2D eigenvalue weighted by atomic mass is 35.5. The minimum absolute atomic E-state index is 0.200. The molecule has 0 atom stereocenters. The molecule has 6 nitrogen and oxygen atoms in total. The Labute approximate surface area is 171 Å². The summed E-state index contributed by atoms with van der Waals surface area (Å²) < 4.78 is 32.1. The molecule has 0 spiro atoms. The molecule has 8 heteroatoms. The van der Waals surface area contributed by atoms with Crippen LogP contribution in [0.5, 0.6) is 5.75 Å². The Balaban J connectivity index is 2.05. The van der Waals surface area contributed by atoms with Gasteiger partial charge in [0.15, 0.2) is 6.61 Å². The quantitative estimate of drug-likeness (QED) is 0.694. The van der Waals surface area contributed by atoms with E-state index in [9.17, 15) is 13.2 Å². The highest BCUT2D eigenvalue weighted by molar-refractivity contribution is 7.89. The van der Waals surface area contributed by atoms with Crippen LogP contribution in [0.15, 0.2) is 41.3 Å². The molecule has 2 aromatic carbocycles. The first-order valence-corrected chi connectivity index (χ1v) is 10.8. The van der Waals surface area contributed by atoms with Gasteiger partial charge in [-0.05, 0) is 55.3 Å². The molecule has 2 aromatic rings. The average molecular weight is 425 g/mol. The number of hydrogen-bond donors (Lipinski definition) is 1. The van der Waals surface area contributed by atoms with Crippen molar-refractivity contribution >= 4 is 33.2 Å². The molecule has 0 aliphatic rings. The number of amides is 1. The third-order valence-electron chi connectivity index (χ3n) is 4.30. The van der Waals surface area contributed by atoms with Gasteiger partial charge in [-0.15, -0.1) is 0 Å². The number of halogens is 1. The Hall–Kier alpha value is -2.09. The van der Waals surface area contributed by atoms with Crippen LogP contribution in [-0.4, -0.2) is 38.3 Å². The Morgan fingerprint density at radius 1 is 1.07 bits per heavy atom. The monoisotopic (exact) mass is 424 g/mol. The molecule has 0 saturated heterocycles. The van der Waals surface area contributed by atoms with E-state index in [2.05, 4.69) is 5.32 Å². The van der Waals surface area contributed by atoms with Gasteiger partial charge in [0, 0.05) is 23.8 Å². The number of rotatable bonds is 8. The fourth-order valence-corrected chi connectivity index (χ4v) is 4.39. The van der Waals surface area contributed by atoms with Crippen molar-refractivity contribution in [2.45, 2.75) is 32.6 Å². The smallest absolute Gasteiger partial charge is 0.262 e. The van der Waals surface area contributed by atoms with Gasteiger partial charge in [-0.2, -0.15) is 4.31 Å². The largest absolute Gasteiger partial charge is 0.483 e. The molecule has 152 valence electrons. The second-order valence-corrected chi connectivity index (χ2v) is 8.66. The van der Waals surface area contributed by atoms with Gasteiger partial charge in [0.1, 0.15) is 5.75 Å². The second kappa shape index (κ2) is 9.41. The standard InChI is InChI=1S/C20H25ClN2O4S/c1-5-23(6-2)28(25,26)17-9-10-19(15(4)11-17)27-13-20(24)22-16-8-7-14(3)18(21)12-16/h7-12H,5-6,13H2,1-4H3,(H,22,24). The van der Waals surface area contributed by atoms with Gasteiger partial charge in [-0.25, -0.2) is 8.42 Å². The molecule has 0 aliphatic heterocycles. The zero-order valence-corrected chi connectivity index (χ0v) is 18.0. The number of carbonyl (C=O) groups is 1. The lowest BCUT2D eigenvalue weighted by atomic mass is 10.2. The van der Waals surface area contributed by atoms with E-state index in [-0.39, 0.29) is 17.4 Å². The Kier molecular flexibility index (Phi) is 7.46. The Morgan fingerprint density at radius 2 is 1.75 bits per heavy atom. The van der Waals surface area contributed by atoms with Gasteiger partial charge in [0.05, 0.1) is 4.90 Å². The van der Waals surface area contributed by atoms with Crippen LogP contribution in [0, 0.1) is 13.8 Å². The summed E-state index contributed by atoms with van der Waals surface area (Å²) in [6, 6.07) is 9.87. The predicted octanol–water partition coefficient (Wildman–Crippen LogP) is 4.00. The van der Waals surface area contributed by atoms with E-state index >= 15 is 0 Å². The van der Waals surface area contributed by atoms with Crippen LogP contribution in [-0.2, 0) is 14.8 Å². The fourth-order valence-electron chi connectivity index (χ4n) is 2.67. The molecule has 1 N–H and O–H groups in total. The topological polar surface area (TPSA) is 75.7 Å². The van der Waals surface area contributed by atoms with Crippen molar-refractivity contribution in [1.82, 2.24) is 4.31 Å². The molecule has 0 aliphatic carbocycles. The number of nitrogens with zero attached hydrogens (tertiary/aromatic N) is 1. The number of hydrogen-bond acceptors (Lipinski definition) is 4. The van der Waals surface area contributed by atoms with Gasteiger partial charge in [0.2, 0.25) is 10.0 Å². The molecule has 0 saturated carbocycles. The molecule has 2 rings (SSSR count). The molecule has 0 fully saturated rings. The summed E-state index contributed by atoms with van der Waals surface area (Å²) in [5.41, 5.74) is 2.15. The van der Waals surface area contributed by atoms with Gasteiger partial charge in [-0.3, -0.25) is 4.79 Å². The Bertz CT molecular complexity index is 957. The summed E-state index contributed by atoms with van der Waals surface area (Å²) in [6.07, 6.45) is 0. The van der Waals surface area contributed by atoms with Crippen molar-refractivity contribution in [1.29, 1.82) is 0 Å². The van der Waals surface area contributed by atoms with Crippen LogP contribution >= 0.6 is 11.6 Å². The van der Waals surface area contributed by atoms with Crippen molar-refractivity contribution in [3.05, 3.63) is 52.5 Å². The third kappa shape index (κ3) is 5.25. The number of sulfonamides is 1. The SMILES string of the molecule is CCN(CC)S(=O)(=O)c1ccc(OCC(=O)Nc2ccc(C)c(Cl)c2)c(C)c1. The first kappa shape index (κ1) is 22.2. The van der Waals surface area contributed by atoms with Crippen molar-refractivity contribution in [2.24, 2.45) is 0 Å². The molecule has 0 heterocycles. The number of aryl methyl sites for hydroxylation is 2. The lowest BCUT2D eigenvalue weighted by molar-refractivity contribution is -0.118. The van der Waals surface area contributed by atoms with Crippen LogP contribution in [0.4, 0.5) is 5.69 Å².